The number of rotatable bonds is 10. The number of aliphatic hydroxyl groups excluding tert-OH is 1. The van der Waals surface area contributed by atoms with Gasteiger partial charge in [-0.3, -0.25) is 4.90 Å². The Kier molecular flexibility index (Phi) is 9.72. The topological polar surface area (TPSA) is 92.3 Å². The molecule has 3 N–H and O–H groups in total. The van der Waals surface area contributed by atoms with Crippen molar-refractivity contribution in [2.75, 3.05) is 33.4 Å². The van der Waals surface area contributed by atoms with E-state index in [1.54, 1.807) is 7.11 Å². The summed E-state index contributed by atoms with van der Waals surface area (Å²) in [6.45, 7) is 5.60. The maximum absolute atomic E-state index is 11.7. The maximum atomic E-state index is 11.7. The number of hydrogen-bond donors (Lipinski definition) is 3. The molecular formula is C28H39N3O5. The van der Waals surface area contributed by atoms with E-state index in [0.717, 1.165) is 54.8 Å². The summed E-state index contributed by atoms with van der Waals surface area (Å²) in [7, 11) is 1.76. The highest BCUT2D eigenvalue weighted by Gasteiger charge is 2.35. The summed E-state index contributed by atoms with van der Waals surface area (Å²) in [4.78, 5) is 14.2. The van der Waals surface area contributed by atoms with Crippen LogP contribution in [0.3, 0.4) is 0 Å². The quantitative estimate of drug-likeness (QED) is 0.464. The van der Waals surface area contributed by atoms with Gasteiger partial charge in [0.15, 0.2) is 6.29 Å². The maximum Gasteiger partial charge on any atom is 0.315 e. The zero-order valence-electron chi connectivity index (χ0n) is 21.3. The van der Waals surface area contributed by atoms with E-state index in [0.29, 0.717) is 19.1 Å². The fourth-order valence-corrected chi connectivity index (χ4v) is 5.01. The van der Waals surface area contributed by atoms with Crippen molar-refractivity contribution >= 4 is 6.03 Å². The van der Waals surface area contributed by atoms with E-state index in [4.69, 9.17) is 14.2 Å². The fraction of sp³-hybridized carbons (Fsp3) is 0.536. The van der Waals surface area contributed by atoms with Gasteiger partial charge in [-0.25, -0.2) is 4.79 Å². The number of amides is 2. The summed E-state index contributed by atoms with van der Waals surface area (Å²) < 4.78 is 18.4. The smallest absolute Gasteiger partial charge is 0.315 e. The Morgan fingerprint density at radius 3 is 2.47 bits per heavy atom. The molecule has 2 aliphatic heterocycles. The van der Waals surface area contributed by atoms with Gasteiger partial charge in [0.05, 0.1) is 25.4 Å². The second-order valence-corrected chi connectivity index (χ2v) is 9.55. The van der Waals surface area contributed by atoms with Crippen LogP contribution >= 0.6 is 0 Å². The molecule has 4 atom stereocenters. The summed E-state index contributed by atoms with van der Waals surface area (Å²) in [5.41, 5.74) is 3.93. The normalized spacial score (nSPS) is 24.5. The first kappa shape index (κ1) is 26.6. The second-order valence-electron chi connectivity index (χ2n) is 9.55. The third kappa shape index (κ3) is 7.05. The molecule has 8 heteroatoms. The van der Waals surface area contributed by atoms with Gasteiger partial charge in [0.25, 0.3) is 0 Å². The number of urea groups is 1. The zero-order valence-corrected chi connectivity index (χ0v) is 21.3. The van der Waals surface area contributed by atoms with Crippen LogP contribution in [-0.2, 0) is 27.4 Å². The first-order valence-corrected chi connectivity index (χ1v) is 12.9. The van der Waals surface area contributed by atoms with Crippen LogP contribution in [0.1, 0.15) is 60.8 Å². The summed E-state index contributed by atoms with van der Waals surface area (Å²) >= 11 is 0. The van der Waals surface area contributed by atoms with E-state index in [9.17, 15) is 9.90 Å². The number of carbonyl (C=O) groups is 1. The lowest BCUT2D eigenvalue weighted by molar-refractivity contribution is -0.253. The van der Waals surface area contributed by atoms with Crippen LogP contribution in [0.5, 0.6) is 0 Å². The second kappa shape index (κ2) is 13.2. The average molecular weight is 498 g/mol. The number of ether oxygens (including phenoxy) is 3. The van der Waals surface area contributed by atoms with Crippen molar-refractivity contribution < 1.29 is 24.1 Å². The van der Waals surface area contributed by atoms with E-state index in [2.05, 4.69) is 15.5 Å². The largest absolute Gasteiger partial charge is 0.392 e. The van der Waals surface area contributed by atoms with Crippen LogP contribution in [0, 0.1) is 0 Å². The summed E-state index contributed by atoms with van der Waals surface area (Å²) in [5.74, 6) is 0. The lowest BCUT2D eigenvalue weighted by Gasteiger charge is -2.38. The highest BCUT2D eigenvalue weighted by Crippen LogP contribution is 2.38. The van der Waals surface area contributed by atoms with Crippen LogP contribution in [0.4, 0.5) is 4.79 Å². The van der Waals surface area contributed by atoms with Crippen molar-refractivity contribution in [2.24, 2.45) is 0 Å². The summed E-state index contributed by atoms with van der Waals surface area (Å²) in [5, 5.41) is 15.0. The van der Waals surface area contributed by atoms with Crippen LogP contribution in [0.25, 0.3) is 0 Å². The number of hydrogen-bond acceptors (Lipinski definition) is 6. The third-order valence-corrected chi connectivity index (χ3v) is 6.95. The van der Waals surface area contributed by atoms with E-state index >= 15 is 0 Å². The van der Waals surface area contributed by atoms with Gasteiger partial charge >= 0.3 is 6.03 Å². The summed E-state index contributed by atoms with van der Waals surface area (Å²) in [6.07, 6.45) is 2.52. The SMILES string of the molecule is CCNC(=O)NCc1ccc(C2OC(CN3CCCC3COC)CC(c3ccc(CO)cc3)O2)cc1. The van der Waals surface area contributed by atoms with E-state index in [-0.39, 0.29) is 24.8 Å². The van der Waals surface area contributed by atoms with Gasteiger partial charge in [-0.1, -0.05) is 48.5 Å². The molecule has 0 radical (unpaired) electrons. The number of likely N-dealkylation sites (tertiary alicyclic amines) is 1. The number of benzene rings is 2. The molecule has 4 rings (SSSR count). The summed E-state index contributed by atoms with van der Waals surface area (Å²) in [6, 6.07) is 16.2. The minimum atomic E-state index is -0.486. The van der Waals surface area contributed by atoms with Crippen LogP contribution < -0.4 is 10.6 Å². The lowest BCUT2D eigenvalue weighted by Crippen LogP contribution is -2.42. The van der Waals surface area contributed by atoms with Gasteiger partial charge < -0.3 is 30.0 Å². The third-order valence-electron chi connectivity index (χ3n) is 6.95. The van der Waals surface area contributed by atoms with Crippen molar-refractivity contribution in [3.05, 3.63) is 70.8 Å². The molecule has 8 nitrogen and oxygen atoms in total. The van der Waals surface area contributed by atoms with Crippen LogP contribution in [-0.4, -0.2) is 61.5 Å². The molecule has 2 aliphatic rings. The van der Waals surface area contributed by atoms with E-state index in [1.165, 1.54) is 6.42 Å². The van der Waals surface area contributed by atoms with Crippen molar-refractivity contribution in [3.8, 4) is 0 Å². The highest BCUT2D eigenvalue weighted by molar-refractivity contribution is 5.73. The molecule has 2 saturated heterocycles. The molecule has 196 valence electrons. The molecule has 0 bridgehead atoms. The van der Waals surface area contributed by atoms with Gasteiger partial charge in [-0.15, -0.1) is 0 Å². The molecular weight excluding hydrogens is 458 g/mol. The molecule has 2 aromatic carbocycles. The monoisotopic (exact) mass is 497 g/mol. The van der Waals surface area contributed by atoms with Crippen LogP contribution in [0.2, 0.25) is 0 Å². The van der Waals surface area contributed by atoms with Crippen LogP contribution in [0.15, 0.2) is 48.5 Å². The molecule has 0 aliphatic carbocycles. The Morgan fingerprint density at radius 2 is 1.78 bits per heavy atom. The Labute approximate surface area is 213 Å². The fourth-order valence-electron chi connectivity index (χ4n) is 5.01. The van der Waals surface area contributed by atoms with Crippen molar-refractivity contribution in [3.63, 3.8) is 0 Å². The Bertz CT molecular complexity index is 953. The Morgan fingerprint density at radius 1 is 1.06 bits per heavy atom. The van der Waals surface area contributed by atoms with Gasteiger partial charge in [0.2, 0.25) is 0 Å². The molecule has 2 fully saturated rings. The number of nitrogens with one attached hydrogen (secondary N) is 2. The van der Waals surface area contributed by atoms with Gasteiger partial charge in [0, 0.05) is 44.8 Å². The van der Waals surface area contributed by atoms with Crippen molar-refractivity contribution in [1.29, 1.82) is 0 Å². The van der Waals surface area contributed by atoms with Gasteiger partial charge in [0.1, 0.15) is 0 Å². The molecule has 0 aromatic heterocycles. The zero-order chi connectivity index (χ0) is 25.3. The molecule has 2 aromatic rings. The first-order chi connectivity index (χ1) is 17.6. The number of aliphatic hydroxyl groups is 1. The number of methoxy groups -OCH3 is 1. The number of nitrogens with zero attached hydrogens (tertiary/aromatic N) is 1. The predicted molar refractivity (Wildman–Crippen MR) is 137 cm³/mol. The Hall–Kier alpha value is -2.49. The molecule has 2 amide bonds. The van der Waals surface area contributed by atoms with Crippen molar-refractivity contribution in [1.82, 2.24) is 15.5 Å². The van der Waals surface area contributed by atoms with E-state index in [1.807, 2.05) is 55.5 Å². The lowest BCUT2D eigenvalue weighted by atomic mass is 9.99. The predicted octanol–water partition coefficient (Wildman–Crippen LogP) is 3.65. The average Bonchev–Trinajstić information content (AvgIpc) is 3.34. The standard InChI is InChI=1S/C28H39N3O5/c1-3-29-28(33)30-16-20-6-12-23(13-7-20)27-35-25(17-31-14-4-5-24(31)19-34-2)15-26(36-27)22-10-8-21(18-32)9-11-22/h6-13,24-27,32H,3-5,14-19H2,1-2H3,(H2,29,30,33). The number of carbonyl (C=O) groups excluding carboxylic acids is 1. The van der Waals surface area contributed by atoms with Gasteiger partial charge in [-0.05, 0) is 43.0 Å². The minimum absolute atomic E-state index is 0.0165. The van der Waals surface area contributed by atoms with Crippen molar-refractivity contribution in [2.45, 2.75) is 63.9 Å². The Balaban J connectivity index is 1.47. The highest BCUT2D eigenvalue weighted by atomic mass is 16.7. The molecule has 4 unspecified atom stereocenters. The molecule has 0 spiro atoms. The molecule has 2 heterocycles. The molecule has 36 heavy (non-hydrogen) atoms. The minimum Gasteiger partial charge on any atom is -0.392 e. The first-order valence-electron chi connectivity index (χ1n) is 12.9. The van der Waals surface area contributed by atoms with Gasteiger partial charge in [-0.2, -0.15) is 0 Å². The van der Waals surface area contributed by atoms with E-state index < -0.39 is 6.29 Å². The molecule has 0 saturated carbocycles.